The van der Waals surface area contributed by atoms with Crippen molar-refractivity contribution in [2.45, 2.75) is 44.4 Å². The van der Waals surface area contributed by atoms with Crippen LogP contribution in [-0.4, -0.2) is 25.5 Å². The lowest BCUT2D eigenvalue weighted by molar-refractivity contribution is -0.142. The van der Waals surface area contributed by atoms with Gasteiger partial charge in [0.1, 0.15) is 6.04 Å². The van der Waals surface area contributed by atoms with E-state index in [1.54, 1.807) is 31.0 Å². The molecule has 0 spiro atoms. The summed E-state index contributed by atoms with van der Waals surface area (Å²) in [6.45, 7) is 1.82. The van der Waals surface area contributed by atoms with Gasteiger partial charge in [-0.05, 0) is 25.8 Å². The van der Waals surface area contributed by atoms with E-state index >= 15 is 0 Å². The fourth-order valence-electron chi connectivity index (χ4n) is 2.55. The summed E-state index contributed by atoms with van der Waals surface area (Å²) in [5.41, 5.74) is 0.347. The van der Waals surface area contributed by atoms with E-state index in [-0.39, 0.29) is 18.4 Å². The molecule has 1 aliphatic rings. The lowest BCUT2D eigenvalue weighted by atomic mass is 10.2. The molecule has 0 saturated heterocycles. The first-order valence-electron chi connectivity index (χ1n) is 7.67. The van der Waals surface area contributed by atoms with E-state index < -0.39 is 17.9 Å². The minimum Gasteiger partial charge on any atom is -0.350 e. The summed E-state index contributed by atoms with van der Waals surface area (Å²) in [4.78, 5) is 12.3. The summed E-state index contributed by atoms with van der Waals surface area (Å²) in [5, 5.41) is 10.3. The van der Waals surface area contributed by atoms with Crippen molar-refractivity contribution in [1.29, 1.82) is 0 Å². The zero-order valence-corrected chi connectivity index (χ0v) is 13.3. The molecular formula is C15H18F3N5O. The van der Waals surface area contributed by atoms with Crippen LogP contribution in [0.15, 0.2) is 18.5 Å². The number of nitrogens with zero attached hydrogens (tertiary/aromatic N) is 4. The van der Waals surface area contributed by atoms with Crippen molar-refractivity contribution in [1.82, 2.24) is 24.9 Å². The van der Waals surface area contributed by atoms with Crippen molar-refractivity contribution in [3.63, 3.8) is 0 Å². The molecular weight excluding hydrogens is 323 g/mol. The van der Waals surface area contributed by atoms with Crippen LogP contribution in [0.25, 0.3) is 0 Å². The molecule has 0 aliphatic heterocycles. The average Bonchev–Trinajstić information content (AvgIpc) is 3.10. The monoisotopic (exact) mass is 341 g/mol. The second-order valence-corrected chi connectivity index (χ2v) is 6.09. The number of carbonyl (C=O) groups is 1. The number of amides is 1. The van der Waals surface area contributed by atoms with Gasteiger partial charge in [-0.2, -0.15) is 23.4 Å². The smallest absolute Gasteiger partial charge is 0.350 e. The van der Waals surface area contributed by atoms with Gasteiger partial charge in [0, 0.05) is 37.0 Å². The van der Waals surface area contributed by atoms with Gasteiger partial charge >= 0.3 is 6.18 Å². The van der Waals surface area contributed by atoms with Gasteiger partial charge in [-0.15, -0.1) is 0 Å². The molecule has 3 rings (SSSR count). The summed E-state index contributed by atoms with van der Waals surface area (Å²) >= 11 is 0. The van der Waals surface area contributed by atoms with E-state index in [0.717, 1.165) is 24.5 Å². The van der Waals surface area contributed by atoms with Crippen LogP contribution in [0.2, 0.25) is 0 Å². The van der Waals surface area contributed by atoms with E-state index in [0.29, 0.717) is 5.69 Å². The summed E-state index contributed by atoms with van der Waals surface area (Å²) in [5.74, 6) is -0.320. The van der Waals surface area contributed by atoms with E-state index in [1.807, 2.05) is 0 Å². The van der Waals surface area contributed by atoms with Crippen LogP contribution in [0.4, 0.5) is 13.2 Å². The number of nitrogens with one attached hydrogen (secondary N) is 1. The SMILES string of the molecule is CC(C(=O)NCc1cnn(C)c1)n1nc(C(F)(F)F)cc1C1CC1. The van der Waals surface area contributed by atoms with Crippen LogP contribution >= 0.6 is 0 Å². The molecule has 6 nitrogen and oxygen atoms in total. The standard InChI is InChI=1S/C15H18F3N5O/c1-9(14(24)19-6-10-7-20-22(2)8-10)23-12(11-3-4-11)5-13(21-23)15(16,17)18/h5,7-9,11H,3-4,6H2,1-2H3,(H,19,24). The predicted molar refractivity (Wildman–Crippen MR) is 79.0 cm³/mol. The Kier molecular flexibility index (Phi) is 4.10. The van der Waals surface area contributed by atoms with Gasteiger partial charge in [0.05, 0.1) is 6.20 Å². The number of aryl methyl sites for hydroxylation is 1. The van der Waals surface area contributed by atoms with Crippen molar-refractivity contribution in [2.75, 3.05) is 0 Å². The molecule has 1 amide bonds. The third-order valence-corrected chi connectivity index (χ3v) is 4.02. The normalized spacial score (nSPS) is 16.2. The largest absolute Gasteiger partial charge is 0.435 e. The van der Waals surface area contributed by atoms with Gasteiger partial charge in [-0.3, -0.25) is 14.2 Å². The first-order chi connectivity index (χ1) is 11.3. The lowest BCUT2D eigenvalue weighted by Gasteiger charge is -2.15. The molecule has 0 aromatic carbocycles. The van der Waals surface area contributed by atoms with Crippen LogP contribution in [-0.2, 0) is 24.6 Å². The number of halogens is 3. The van der Waals surface area contributed by atoms with E-state index in [2.05, 4.69) is 15.5 Å². The van der Waals surface area contributed by atoms with Gasteiger partial charge in [-0.25, -0.2) is 0 Å². The highest BCUT2D eigenvalue weighted by Crippen LogP contribution is 2.42. The van der Waals surface area contributed by atoms with Crippen LogP contribution in [0, 0.1) is 0 Å². The molecule has 1 N–H and O–H groups in total. The van der Waals surface area contributed by atoms with E-state index in [4.69, 9.17) is 0 Å². The van der Waals surface area contributed by atoms with Crippen LogP contribution in [0.3, 0.4) is 0 Å². The maximum absolute atomic E-state index is 12.9. The van der Waals surface area contributed by atoms with E-state index in [9.17, 15) is 18.0 Å². The number of rotatable bonds is 5. The van der Waals surface area contributed by atoms with Crippen molar-refractivity contribution in [3.05, 3.63) is 35.4 Å². The highest BCUT2D eigenvalue weighted by molar-refractivity contribution is 5.79. The molecule has 1 fully saturated rings. The summed E-state index contributed by atoms with van der Waals surface area (Å²) in [6, 6.07) is 0.246. The van der Waals surface area contributed by atoms with Crippen molar-refractivity contribution in [2.24, 2.45) is 7.05 Å². The van der Waals surface area contributed by atoms with Crippen LogP contribution in [0.5, 0.6) is 0 Å². The Morgan fingerprint density at radius 3 is 2.71 bits per heavy atom. The molecule has 24 heavy (non-hydrogen) atoms. The Morgan fingerprint density at radius 1 is 1.46 bits per heavy atom. The van der Waals surface area contributed by atoms with Crippen molar-refractivity contribution >= 4 is 5.91 Å². The highest BCUT2D eigenvalue weighted by atomic mass is 19.4. The Balaban J connectivity index is 1.74. The number of hydrogen-bond donors (Lipinski definition) is 1. The Hall–Kier alpha value is -2.32. The summed E-state index contributed by atoms with van der Waals surface area (Å²) in [6.07, 6.45) is 0.521. The topological polar surface area (TPSA) is 64.7 Å². The molecule has 2 heterocycles. The molecule has 130 valence electrons. The molecule has 2 aromatic rings. The third-order valence-electron chi connectivity index (χ3n) is 4.02. The van der Waals surface area contributed by atoms with Gasteiger partial charge < -0.3 is 5.32 Å². The number of aromatic nitrogens is 4. The van der Waals surface area contributed by atoms with Crippen molar-refractivity contribution in [3.8, 4) is 0 Å². The summed E-state index contributed by atoms with van der Waals surface area (Å²) < 4.78 is 41.6. The zero-order chi connectivity index (χ0) is 17.5. The maximum atomic E-state index is 12.9. The summed E-state index contributed by atoms with van der Waals surface area (Å²) in [7, 11) is 1.76. The van der Waals surface area contributed by atoms with Crippen LogP contribution < -0.4 is 5.32 Å². The molecule has 9 heteroatoms. The molecule has 2 aromatic heterocycles. The van der Waals surface area contributed by atoms with E-state index in [1.165, 1.54) is 4.68 Å². The van der Waals surface area contributed by atoms with Gasteiger partial charge in [0.2, 0.25) is 5.91 Å². The Morgan fingerprint density at radius 2 is 2.17 bits per heavy atom. The van der Waals surface area contributed by atoms with Gasteiger partial charge in [-0.1, -0.05) is 0 Å². The third kappa shape index (κ3) is 3.44. The van der Waals surface area contributed by atoms with Crippen LogP contribution in [0.1, 0.15) is 48.7 Å². The Bertz CT molecular complexity index is 745. The zero-order valence-electron chi connectivity index (χ0n) is 13.3. The molecule has 1 aliphatic carbocycles. The minimum absolute atomic E-state index is 0.0576. The maximum Gasteiger partial charge on any atom is 0.435 e. The van der Waals surface area contributed by atoms with Gasteiger partial charge in [0.15, 0.2) is 5.69 Å². The fourth-order valence-corrected chi connectivity index (χ4v) is 2.55. The first-order valence-corrected chi connectivity index (χ1v) is 7.67. The molecule has 0 radical (unpaired) electrons. The fraction of sp³-hybridized carbons (Fsp3) is 0.533. The molecule has 0 bridgehead atoms. The molecule has 1 atom stereocenters. The number of hydrogen-bond acceptors (Lipinski definition) is 3. The first kappa shape index (κ1) is 16.5. The highest BCUT2D eigenvalue weighted by Gasteiger charge is 2.39. The molecule has 1 unspecified atom stereocenters. The lowest BCUT2D eigenvalue weighted by Crippen LogP contribution is -2.32. The second kappa shape index (κ2) is 5.95. The number of carbonyl (C=O) groups excluding carboxylic acids is 1. The van der Waals surface area contributed by atoms with Crippen molar-refractivity contribution < 1.29 is 18.0 Å². The predicted octanol–water partition coefficient (Wildman–Crippen LogP) is 2.39. The second-order valence-electron chi connectivity index (χ2n) is 6.09. The molecule has 1 saturated carbocycles. The average molecular weight is 341 g/mol. The Labute approximate surface area is 136 Å². The minimum atomic E-state index is -4.51. The van der Waals surface area contributed by atoms with Gasteiger partial charge in [0.25, 0.3) is 0 Å². The number of alkyl halides is 3. The quantitative estimate of drug-likeness (QED) is 0.908.